The zero-order chi connectivity index (χ0) is 14.4. The molecule has 3 rings (SSSR count). The van der Waals surface area contributed by atoms with E-state index in [9.17, 15) is 0 Å². The second-order valence-electron chi connectivity index (χ2n) is 7.65. The van der Waals surface area contributed by atoms with Gasteiger partial charge in [-0.25, -0.2) is 0 Å². The van der Waals surface area contributed by atoms with E-state index in [1.165, 1.54) is 25.7 Å². The van der Waals surface area contributed by atoms with Crippen molar-refractivity contribution in [3.8, 4) is 0 Å². The highest BCUT2D eigenvalue weighted by Crippen LogP contribution is 2.62. The number of aliphatic imine (C=N–C) groups is 1. The average Bonchev–Trinajstić information content (AvgIpc) is 2.67. The van der Waals surface area contributed by atoms with Crippen molar-refractivity contribution in [2.75, 3.05) is 13.2 Å². The minimum Gasteiger partial charge on any atom is -0.377 e. The van der Waals surface area contributed by atoms with Gasteiger partial charge in [-0.1, -0.05) is 6.42 Å². The van der Waals surface area contributed by atoms with Crippen LogP contribution < -0.4 is 10.6 Å². The maximum Gasteiger partial charge on any atom is 0.191 e. The Kier molecular flexibility index (Phi) is 3.47. The first-order valence-electron chi connectivity index (χ1n) is 8.17. The molecule has 0 aromatic heterocycles. The molecule has 2 saturated carbocycles. The van der Waals surface area contributed by atoms with Crippen molar-refractivity contribution in [2.24, 2.45) is 16.3 Å². The van der Waals surface area contributed by atoms with E-state index in [1.54, 1.807) is 0 Å². The van der Waals surface area contributed by atoms with Crippen molar-refractivity contribution < 1.29 is 4.74 Å². The minimum atomic E-state index is 0.0447. The van der Waals surface area contributed by atoms with Crippen LogP contribution in [0.3, 0.4) is 0 Å². The number of guanidine groups is 1. The predicted octanol–water partition coefficient (Wildman–Crippen LogP) is 2.30. The molecule has 1 heterocycles. The molecule has 4 nitrogen and oxygen atoms in total. The number of hydrogen-bond acceptors (Lipinski definition) is 2. The van der Waals surface area contributed by atoms with Crippen LogP contribution in [0.5, 0.6) is 0 Å². The Hall–Kier alpha value is -0.770. The molecule has 3 unspecified atom stereocenters. The third-order valence-corrected chi connectivity index (χ3v) is 5.14. The highest BCUT2D eigenvalue weighted by molar-refractivity contribution is 5.81. The molecular formula is C16H29N3O. The smallest absolute Gasteiger partial charge is 0.191 e. The van der Waals surface area contributed by atoms with Crippen LogP contribution in [0.1, 0.15) is 53.4 Å². The maximum atomic E-state index is 5.98. The summed E-state index contributed by atoms with van der Waals surface area (Å²) in [4.78, 5) is 4.62. The molecule has 3 atom stereocenters. The Labute approximate surface area is 122 Å². The minimum absolute atomic E-state index is 0.0447. The number of nitrogens with zero attached hydrogens (tertiary/aromatic N) is 1. The van der Waals surface area contributed by atoms with Crippen LogP contribution >= 0.6 is 0 Å². The third kappa shape index (κ3) is 2.22. The summed E-state index contributed by atoms with van der Waals surface area (Å²) in [7, 11) is 0. The van der Waals surface area contributed by atoms with Crippen molar-refractivity contribution in [1.29, 1.82) is 0 Å². The van der Waals surface area contributed by atoms with Crippen LogP contribution in [-0.2, 0) is 4.74 Å². The standard InChI is InChI=1S/C16H29N3O/c1-5-17-14(19-15(2,3)4)18-12-11-7-10-20-13(11)16(12)8-6-9-16/h11-13H,5-10H2,1-4H3,(H2,17,18,19). The first kappa shape index (κ1) is 14.2. The van der Waals surface area contributed by atoms with Gasteiger partial charge in [-0.3, -0.25) is 4.99 Å². The Morgan fingerprint density at radius 1 is 1.35 bits per heavy atom. The SMILES string of the molecule is CCN=C(NC1C2CCOC2C12CCC2)NC(C)(C)C. The Morgan fingerprint density at radius 3 is 2.65 bits per heavy atom. The zero-order valence-electron chi connectivity index (χ0n) is 13.3. The van der Waals surface area contributed by atoms with Crippen LogP contribution in [0.2, 0.25) is 0 Å². The lowest BCUT2D eigenvalue weighted by Gasteiger charge is -2.63. The molecule has 4 heteroatoms. The molecule has 3 aliphatic rings. The molecule has 1 spiro atoms. The van der Waals surface area contributed by atoms with Gasteiger partial charge in [-0.05, 0) is 47.0 Å². The topological polar surface area (TPSA) is 45.7 Å². The van der Waals surface area contributed by atoms with Gasteiger partial charge in [0.1, 0.15) is 0 Å². The number of ether oxygens (including phenoxy) is 1. The summed E-state index contributed by atoms with van der Waals surface area (Å²) >= 11 is 0. The van der Waals surface area contributed by atoms with Gasteiger partial charge in [0.15, 0.2) is 5.96 Å². The Balaban J connectivity index is 1.70. The van der Waals surface area contributed by atoms with Crippen LogP contribution in [-0.4, -0.2) is 36.8 Å². The summed E-state index contributed by atoms with van der Waals surface area (Å²) in [5.41, 5.74) is 0.457. The molecule has 1 aliphatic heterocycles. The number of nitrogens with one attached hydrogen (secondary N) is 2. The molecule has 0 radical (unpaired) electrons. The monoisotopic (exact) mass is 279 g/mol. The lowest BCUT2D eigenvalue weighted by Crippen LogP contribution is -2.73. The quantitative estimate of drug-likeness (QED) is 0.602. The molecule has 2 aliphatic carbocycles. The first-order valence-corrected chi connectivity index (χ1v) is 8.17. The Bertz CT molecular complexity index is 395. The molecule has 20 heavy (non-hydrogen) atoms. The van der Waals surface area contributed by atoms with E-state index < -0.39 is 0 Å². The maximum absolute atomic E-state index is 5.98. The summed E-state index contributed by atoms with van der Waals surface area (Å²) in [6, 6.07) is 0.559. The van der Waals surface area contributed by atoms with Gasteiger partial charge in [0.25, 0.3) is 0 Å². The molecule has 3 fully saturated rings. The highest BCUT2D eigenvalue weighted by atomic mass is 16.5. The van der Waals surface area contributed by atoms with Crippen molar-refractivity contribution in [3.63, 3.8) is 0 Å². The molecule has 0 aromatic carbocycles. The molecule has 0 aromatic rings. The van der Waals surface area contributed by atoms with Crippen molar-refractivity contribution in [3.05, 3.63) is 0 Å². The Morgan fingerprint density at radius 2 is 2.10 bits per heavy atom. The van der Waals surface area contributed by atoms with Crippen molar-refractivity contribution in [1.82, 2.24) is 10.6 Å². The summed E-state index contributed by atoms with van der Waals surface area (Å²) in [6.45, 7) is 10.4. The van der Waals surface area contributed by atoms with Gasteiger partial charge in [0, 0.05) is 36.1 Å². The fourth-order valence-corrected chi connectivity index (χ4v) is 4.24. The van der Waals surface area contributed by atoms with Crippen LogP contribution in [0.25, 0.3) is 0 Å². The third-order valence-electron chi connectivity index (χ3n) is 5.14. The van der Waals surface area contributed by atoms with Gasteiger partial charge in [-0.2, -0.15) is 0 Å². The molecule has 1 saturated heterocycles. The van der Waals surface area contributed by atoms with E-state index in [0.717, 1.165) is 19.1 Å². The normalized spacial score (nSPS) is 35.2. The number of hydrogen-bond donors (Lipinski definition) is 2. The molecular weight excluding hydrogens is 250 g/mol. The average molecular weight is 279 g/mol. The van der Waals surface area contributed by atoms with Crippen LogP contribution in [0, 0.1) is 11.3 Å². The van der Waals surface area contributed by atoms with Crippen molar-refractivity contribution in [2.45, 2.75) is 71.1 Å². The second-order valence-corrected chi connectivity index (χ2v) is 7.65. The predicted molar refractivity (Wildman–Crippen MR) is 81.9 cm³/mol. The van der Waals surface area contributed by atoms with Crippen LogP contribution in [0.15, 0.2) is 4.99 Å². The van der Waals surface area contributed by atoms with E-state index in [-0.39, 0.29) is 5.54 Å². The van der Waals surface area contributed by atoms with E-state index in [0.29, 0.717) is 23.5 Å². The second kappa shape index (κ2) is 4.90. The number of rotatable bonds is 2. The summed E-state index contributed by atoms with van der Waals surface area (Å²) in [6.07, 6.45) is 5.73. The van der Waals surface area contributed by atoms with Crippen LogP contribution in [0.4, 0.5) is 0 Å². The van der Waals surface area contributed by atoms with E-state index in [1.807, 2.05) is 0 Å². The molecule has 2 N–H and O–H groups in total. The van der Waals surface area contributed by atoms with E-state index in [4.69, 9.17) is 4.74 Å². The van der Waals surface area contributed by atoms with Gasteiger partial charge >= 0.3 is 0 Å². The van der Waals surface area contributed by atoms with Gasteiger partial charge < -0.3 is 15.4 Å². The fraction of sp³-hybridized carbons (Fsp3) is 0.938. The van der Waals surface area contributed by atoms with E-state index >= 15 is 0 Å². The molecule has 0 bridgehead atoms. The van der Waals surface area contributed by atoms with E-state index in [2.05, 4.69) is 43.3 Å². The number of fused-ring (bicyclic) bond motifs is 2. The molecule has 114 valence electrons. The van der Waals surface area contributed by atoms with Gasteiger partial charge in [0.2, 0.25) is 0 Å². The highest BCUT2D eigenvalue weighted by Gasteiger charge is 2.66. The molecule has 0 amide bonds. The lowest BCUT2D eigenvalue weighted by atomic mass is 9.46. The van der Waals surface area contributed by atoms with Gasteiger partial charge in [-0.15, -0.1) is 0 Å². The summed E-state index contributed by atoms with van der Waals surface area (Å²) in [5, 5.41) is 7.25. The lowest BCUT2D eigenvalue weighted by molar-refractivity contribution is -0.171. The fourth-order valence-electron chi connectivity index (χ4n) is 4.24. The zero-order valence-corrected chi connectivity index (χ0v) is 13.3. The summed E-state index contributed by atoms with van der Waals surface area (Å²) < 4.78 is 5.98. The largest absolute Gasteiger partial charge is 0.377 e. The summed E-state index contributed by atoms with van der Waals surface area (Å²) in [5.74, 6) is 1.67. The van der Waals surface area contributed by atoms with Gasteiger partial charge in [0.05, 0.1) is 6.10 Å². The van der Waals surface area contributed by atoms with Crippen molar-refractivity contribution >= 4 is 5.96 Å². The first-order chi connectivity index (χ1) is 9.46.